The van der Waals surface area contributed by atoms with E-state index in [4.69, 9.17) is 9.26 Å². The summed E-state index contributed by atoms with van der Waals surface area (Å²) >= 11 is 0. The van der Waals surface area contributed by atoms with E-state index in [0.29, 0.717) is 37.8 Å². The first kappa shape index (κ1) is 15.6. The monoisotopic (exact) mass is 269 g/mol. The van der Waals surface area contributed by atoms with Gasteiger partial charge in [-0.3, -0.25) is 9.69 Å². The van der Waals surface area contributed by atoms with Crippen molar-refractivity contribution in [1.82, 2.24) is 15.0 Å². The van der Waals surface area contributed by atoms with Crippen molar-refractivity contribution < 1.29 is 14.1 Å². The Morgan fingerprint density at radius 3 is 2.63 bits per heavy atom. The molecule has 0 fully saturated rings. The third-order valence-electron chi connectivity index (χ3n) is 2.52. The molecule has 0 aliphatic carbocycles. The van der Waals surface area contributed by atoms with Gasteiger partial charge in [0.1, 0.15) is 0 Å². The lowest BCUT2D eigenvalue weighted by molar-refractivity contribution is -0.143. The summed E-state index contributed by atoms with van der Waals surface area (Å²) in [6.45, 7) is 9.45. The lowest BCUT2D eigenvalue weighted by atomic mass is 9.97. The molecule has 0 radical (unpaired) electrons. The van der Waals surface area contributed by atoms with Gasteiger partial charge in [0.2, 0.25) is 5.89 Å². The zero-order chi connectivity index (χ0) is 14.5. The van der Waals surface area contributed by atoms with Gasteiger partial charge in [0, 0.05) is 12.0 Å². The van der Waals surface area contributed by atoms with Gasteiger partial charge in [0.25, 0.3) is 0 Å². The molecule has 0 bridgehead atoms. The normalized spacial score (nSPS) is 11.9. The van der Waals surface area contributed by atoms with Gasteiger partial charge in [-0.05, 0) is 14.0 Å². The quantitative estimate of drug-likeness (QED) is 0.733. The van der Waals surface area contributed by atoms with Gasteiger partial charge in [-0.2, -0.15) is 4.98 Å². The summed E-state index contributed by atoms with van der Waals surface area (Å²) in [7, 11) is 1.91. The molecule has 0 unspecified atom stereocenters. The average molecular weight is 269 g/mol. The molecule has 1 rings (SSSR count). The molecule has 0 aliphatic heterocycles. The van der Waals surface area contributed by atoms with Crippen LogP contribution in [0.15, 0.2) is 4.52 Å². The molecule has 6 nitrogen and oxygen atoms in total. The summed E-state index contributed by atoms with van der Waals surface area (Å²) in [6, 6.07) is 0. The molecule has 1 heterocycles. The molecule has 108 valence electrons. The Hall–Kier alpha value is -1.43. The van der Waals surface area contributed by atoms with E-state index in [2.05, 4.69) is 10.1 Å². The van der Waals surface area contributed by atoms with E-state index in [1.54, 1.807) is 6.92 Å². The Morgan fingerprint density at radius 2 is 2.11 bits per heavy atom. The van der Waals surface area contributed by atoms with Gasteiger partial charge in [-0.15, -0.1) is 0 Å². The topological polar surface area (TPSA) is 68.5 Å². The van der Waals surface area contributed by atoms with Crippen LogP contribution in [0.25, 0.3) is 0 Å². The van der Waals surface area contributed by atoms with Crippen molar-refractivity contribution in [1.29, 1.82) is 0 Å². The summed E-state index contributed by atoms with van der Waals surface area (Å²) in [5.74, 6) is 1.08. The molecule has 1 aromatic heterocycles. The van der Waals surface area contributed by atoms with E-state index in [0.717, 1.165) is 0 Å². The molecule has 0 saturated carbocycles. The summed E-state index contributed by atoms with van der Waals surface area (Å²) in [4.78, 5) is 17.6. The SMILES string of the molecule is CCOC(=O)CCN(C)Cc1noc(C(C)(C)C)n1. The van der Waals surface area contributed by atoms with Crippen LogP contribution in [-0.4, -0.2) is 41.2 Å². The first-order chi connectivity index (χ1) is 8.82. The minimum absolute atomic E-state index is 0.144. The van der Waals surface area contributed by atoms with Gasteiger partial charge < -0.3 is 9.26 Å². The fourth-order valence-electron chi connectivity index (χ4n) is 1.46. The smallest absolute Gasteiger partial charge is 0.307 e. The predicted octanol–water partition coefficient (Wildman–Crippen LogP) is 1.75. The number of ether oxygens (including phenoxy) is 1. The lowest BCUT2D eigenvalue weighted by Gasteiger charge is -2.13. The molecule has 0 aromatic carbocycles. The fraction of sp³-hybridized carbons (Fsp3) is 0.769. The van der Waals surface area contributed by atoms with E-state index >= 15 is 0 Å². The number of hydrogen-bond acceptors (Lipinski definition) is 6. The Labute approximate surface area is 114 Å². The maximum Gasteiger partial charge on any atom is 0.307 e. The Kier molecular flexibility index (Phi) is 5.47. The molecule has 6 heteroatoms. The van der Waals surface area contributed by atoms with Crippen molar-refractivity contribution >= 4 is 5.97 Å². The standard InChI is InChI=1S/C13H23N3O3/c1-6-18-11(17)7-8-16(5)9-10-14-12(19-15-10)13(2,3)4/h6-9H2,1-5H3. The second-order valence-electron chi connectivity index (χ2n) is 5.56. The highest BCUT2D eigenvalue weighted by atomic mass is 16.5. The van der Waals surface area contributed by atoms with E-state index in [-0.39, 0.29) is 11.4 Å². The van der Waals surface area contributed by atoms with Crippen molar-refractivity contribution in [3.63, 3.8) is 0 Å². The average Bonchev–Trinajstić information content (AvgIpc) is 2.75. The maximum atomic E-state index is 11.2. The zero-order valence-electron chi connectivity index (χ0n) is 12.4. The van der Waals surface area contributed by atoms with E-state index in [9.17, 15) is 4.79 Å². The van der Waals surface area contributed by atoms with Crippen LogP contribution in [0.3, 0.4) is 0 Å². The van der Waals surface area contributed by atoms with Gasteiger partial charge in [-0.1, -0.05) is 25.9 Å². The van der Waals surface area contributed by atoms with Crippen LogP contribution in [-0.2, 0) is 21.5 Å². The molecular formula is C13H23N3O3. The van der Waals surface area contributed by atoms with Gasteiger partial charge in [0.05, 0.1) is 19.6 Å². The van der Waals surface area contributed by atoms with Crippen LogP contribution in [0.4, 0.5) is 0 Å². The van der Waals surface area contributed by atoms with Crippen LogP contribution < -0.4 is 0 Å². The highest BCUT2D eigenvalue weighted by Crippen LogP contribution is 2.19. The summed E-state index contributed by atoms with van der Waals surface area (Å²) in [5, 5.41) is 3.94. The Bertz CT molecular complexity index is 410. The molecule has 0 spiro atoms. The number of carbonyl (C=O) groups is 1. The van der Waals surface area contributed by atoms with Crippen molar-refractivity contribution in [2.45, 2.75) is 46.1 Å². The third-order valence-corrected chi connectivity index (χ3v) is 2.52. The van der Waals surface area contributed by atoms with Crippen LogP contribution in [0.1, 0.15) is 45.8 Å². The Balaban J connectivity index is 2.42. The van der Waals surface area contributed by atoms with Crippen molar-refractivity contribution in [3.8, 4) is 0 Å². The summed E-state index contributed by atoms with van der Waals surface area (Å²) in [5.41, 5.74) is -0.144. The van der Waals surface area contributed by atoms with E-state index in [1.165, 1.54) is 0 Å². The molecule has 19 heavy (non-hydrogen) atoms. The predicted molar refractivity (Wildman–Crippen MR) is 70.6 cm³/mol. The first-order valence-electron chi connectivity index (χ1n) is 6.50. The molecule has 0 atom stereocenters. The molecule has 1 aromatic rings. The second kappa shape index (κ2) is 6.65. The minimum atomic E-state index is -0.183. The van der Waals surface area contributed by atoms with Crippen LogP contribution in [0, 0.1) is 0 Å². The fourth-order valence-corrected chi connectivity index (χ4v) is 1.46. The van der Waals surface area contributed by atoms with Crippen LogP contribution in [0.2, 0.25) is 0 Å². The van der Waals surface area contributed by atoms with Gasteiger partial charge >= 0.3 is 5.97 Å². The molecule has 0 aliphatic rings. The molecule has 0 N–H and O–H groups in total. The van der Waals surface area contributed by atoms with Gasteiger partial charge in [0.15, 0.2) is 5.82 Å². The summed E-state index contributed by atoms with van der Waals surface area (Å²) < 4.78 is 10.1. The number of nitrogens with zero attached hydrogens (tertiary/aromatic N) is 3. The van der Waals surface area contributed by atoms with Crippen molar-refractivity contribution in [2.75, 3.05) is 20.2 Å². The molecular weight excluding hydrogens is 246 g/mol. The second-order valence-corrected chi connectivity index (χ2v) is 5.56. The number of rotatable bonds is 6. The maximum absolute atomic E-state index is 11.2. The van der Waals surface area contributed by atoms with Crippen LogP contribution in [0.5, 0.6) is 0 Å². The highest BCUT2D eigenvalue weighted by molar-refractivity contribution is 5.69. The highest BCUT2D eigenvalue weighted by Gasteiger charge is 2.22. The van der Waals surface area contributed by atoms with Crippen molar-refractivity contribution in [3.05, 3.63) is 11.7 Å². The first-order valence-corrected chi connectivity index (χ1v) is 6.50. The Morgan fingerprint density at radius 1 is 1.42 bits per heavy atom. The zero-order valence-corrected chi connectivity index (χ0v) is 12.4. The number of hydrogen-bond donors (Lipinski definition) is 0. The lowest BCUT2D eigenvalue weighted by Crippen LogP contribution is -2.23. The summed E-state index contributed by atoms with van der Waals surface area (Å²) in [6.07, 6.45) is 0.369. The molecule has 0 saturated heterocycles. The van der Waals surface area contributed by atoms with E-state index < -0.39 is 0 Å². The van der Waals surface area contributed by atoms with Crippen LogP contribution >= 0.6 is 0 Å². The molecule has 0 amide bonds. The number of esters is 1. The van der Waals surface area contributed by atoms with Crippen molar-refractivity contribution in [2.24, 2.45) is 0 Å². The van der Waals surface area contributed by atoms with Gasteiger partial charge in [-0.25, -0.2) is 0 Å². The minimum Gasteiger partial charge on any atom is -0.466 e. The van der Waals surface area contributed by atoms with E-state index in [1.807, 2.05) is 32.7 Å². The largest absolute Gasteiger partial charge is 0.466 e. The third kappa shape index (κ3) is 5.38. The number of carbonyl (C=O) groups excluding carboxylic acids is 1. The number of aromatic nitrogens is 2.